The number of nitrogens with one attached hydrogen (secondary N) is 1. The minimum atomic E-state index is -0.217. The number of aliphatic imine (C=N–C) groups is 1. The van der Waals surface area contributed by atoms with Crippen molar-refractivity contribution in [3.63, 3.8) is 0 Å². The van der Waals surface area contributed by atoms with Crippen molar-refractivity contribution in [3.05, 3.63) is 65.0 Å². The van der Waals surface area contributed by atoms with E-state index in [2.05, 4.69) is 10.3 Å². The number of hydrogen-bond acceptors (Lipinski definition) is 2. The lowest BCUT2D eigenvalue weighted by molar-refractivity contribution is 0.185. The zero-order valence-electron chi connectivity index (χ0n) is 13.5. The summed E-state index contributed by atoms with van der Waals surface area (Å²) in [5.74, 6) is 0.138. The summed E-state index contributed by atoms with van der Waals surface area (Å²) >= 11 is 0. The summed E-state index contributed by atoms with van der Waals surface area (Å²) in [4.78, 5) is 4.33. The molecule has 4 nitrogen and oxygen atoms in total. The Balaban J connectivity index is 1.95. The molecule has 0 aliphatic heterocycles. The van der Waals surface area contributed by atoms with Crippen LogP contribution >= 0.6 is 0 Å². The van der Waals surface area contributed by atoms with Gasteiger partial charge in [-0.2, -0.15) is 0 Å². The van der Waals surface area contributed by atoms with Crippen molar-refractivity contribution in [1.82, 2.24) is 0 Å². The van der Waals surface area contributed by atoms with Crippen LogP contribution in [0.5, 0.6) is 0 Å². The van der Waals surface area contributed by atoms with E-state index >= 15 is 0 Å². The van der Waals surface area contributed by atoms with Gasteiger partial charge in [0.2, 0.25) is 0 Å². The first-order valence-corrected chi connectivity index (χ1v) is 7.49. The van der Waals surface area contributed by atoms with Gasteiger partial charge < -0.3 is 15.8 Å². The average molecular weight is 315 g/mol. The largest absolute Gasteiger partial charge is 0.380 e. The molecule has 0 fully saturated rings. The summed E-state index contributed by atoms with van der Waals surface area (Å²) in [7, 11) is 1.65. The predicted molar refractivity (Wildman–Crippen MR) is 92.1 cm³/mol. The molecular formula is C18H22FN3O. The molecule has 0 spiro atoms. The van der Waals surface area contributed by atoms with Crippen LogP contribution in [0.4, 0.5) is 10.1 Å². The molecule has 5 heteroatoms. The minimum Gasteiger partial charge on any atom is -0.380 e. The number of anilines is 1. The van der Waals surface area contributed by atoms with Crippen LogP contribution < -0.4 is 11.1 Å². The first-order chi connectivity index (χ1) is 11.1. The third kappa shape index (κ3) is 5.07. The van der Waals surface area contributed by atoms with Crippen molar-refractivity contribution >= 4 is 11.6 Å². The second-order valence-electron chi connectivity index (χ2n) is 5.30. The topological polar surface area (TPSA) is 59.6 Å². The van der Waals surface area contributed by atoms with Crippen LogP contribution in [0.25, 0.3) is 0 Å². The van der Waals surface area contributed by atoms with Crippen molar-refractivity contribution in [2.45, 2.75) is 20.0 Å². The van der Waals surface area contributed by atoms with Gasteiger partial charge in [0.15, 0.2) is 5.96 Å². The van der Waals surface area contributed by atoms with Gasteiger partial charge in [0.05, 0.1) is 6.61 Å². The van der Waals surface area contributed by atoms with Crippen molar-refractivity contribution in [1.29, 1.82) is 0 Å². The summed E-state index contributed by atoms with van der Waals surface area (Å²) < 4.78 is 18.2. The summed E-state index contributed by atoms with van der Waals surface area (Å²) in [6.07, 6.45) is 0.716. The number of rotatable bonds is 6. The molecule has 23 heavy (non-hydrogen) atoms. The van der Waals surface area contributed by atoms with Crippen LogP contribution in [-0.2, 0) is 17.8 Å². The number of aryl methyl sites for hydroxylation is 1. The number of guanidine groups is 1. The molecule has 0 atom stereocenters. The number of hydrogen-bond donors (Lipinski definition) is 2. The number of ether oxygens (including phenoxy) is 1. The third-order valence-corrected chi connectivity index (χ3v) is 3.55. The van der Waals surface area contributed by atoms with E-state index in [1.54, 1.807) is 13.2 Å². The molecule has 0 bridgehead atoms. The second kappa shape index (κ2) is 8.29. The molecule has 2 aromatic carbocycles. The van der Waals surface area contributed by atoms with Gasteiger partial charge in [-0.05, 0) is 42.7 Å². The summed E-state index contributed by atoms with van der Waals surface area (Å²) in [5, 5.41) is 3.09. The molecule has 0 aromatic heterocycles. The zero-order valence-corrected chi connectivity index (χ0v) is 13.5. The molecule has 0 saturated carbocycles. The first kappa shape index (κ1) is 17.0. The monoisotopic (exact) mass is 315 g/mol. The molecule has 0 heterocycles. The number of nitrogens with two attached hydrogens (primary N) is 1. The Kier molecular flexibility index (Phi) is 6.11. The zero-order chi connectivity index (χ0) is 16.7. The van der Waals surface area contributed by atoms with E-state index in [0.29, 0.717) is 25.5 Å². The first-order valence-electron chi connectivity index (χ1n) is 7.49. The van der Waals surface area contributed by atoms with E-state index in [0.717, 1.165) is 22.4 Å². The van der Waals surface area contributed by atoms with Crippen LogP contribution in [0.15, 0.2) is 47.5 Å². The lowest BCUT2D eigenvalue weighted by atomic mass is 10.1. The van der Waals surface area contributed by atoms with Gasteiger partial charge in [0.25, 0.3) is 0 Å². The Bertz CT molecular complexity index is 686. The Labute approximate surface area is 136 Å². The Hall–Kier alpha value is -2.40. The quantitative estimate of drug-likeness (QED) is 0.635. The van der Waals surface area contributed by atoms with Crippen LogP contribution in [0.2, 0.25) is 0 Å². The van der Waals surface area contributed by atoms with Crippen molar-refractivity contribution in [3.8, 4) is 0 Å². The maximum Gasteiger partial charge on any atom is 0.193 e. The summed E-state index contributed by atoms with van der Waals surface area (Å²) in [6, 6.07) is 12.6. The van der Waals surface area contributed by atoms with Crippen molar-refractivity contribution in [2.24, 2.45) is 10.7 Å². The lowest BCUT2D eigenvalue weighted by Crippen LogP contribution is -2.23. The van der Waals surface area contributed by atoms with Gasteiger partial charge in [-0.25, -0.2) is 4.39 Å². The van der Waals surface area contributed by atoms with Crippen molar-refractivity contribution in [2.75, 3.05) is 19.0 Å². The molecule has 0 saturated heterocycles. The number of methoxy groups -OCH3 is 1. The SMILES string of the molecule is COCc1ccccc1NC(N)=NCCc1ccc(F)cc1C. The van der Waals surface area contributed by atoms with E-state index < -0.39 is 0 Å². The standard InChI is InChI=1S/C18H22FN3O/c1-13-11-16(19)8-7-14(13)9-10-21-18(20)22-17-6-4-3-5-15(17)12-23-2/h3-8,11H,9-10,12H2,1-2H3,(H3,20,21,22). The predicted octanol–water partition coefficient (Wildman–Crippen LogP) is 3.25. The molecule has 122 valence electrons. The minimum absolute atomic E-state index is 0.217. The molecule has 0 amide bonds. The van der Waals surface area contributed by atoms with Gasteiger partial charge >= 0.3 is 0 Å². The van der Waals surface area contributed by atoms with Gasteiger partial charge in [-0.1, -0.05) is 24.3 Å². The maximum atomic E-state index is 13.1. The fourth-order valence-electron chi connectivity index (χ4n) is 2.34. The highest BCUT2D eigenvalue weighted by Crippen LogP contribution is 2.15. The highest BCUT2D eigenvalue weighted by Gasteiger charge is 2.03. The smallest absolute Gasteiger partial charge is 0.193 e. The molecule has 0 radical (unpaired) electrons. The van der Waals surface area contributed by atoms with E-state index in [1.165, 1.54) is 12.1 Å². The number of halogens is 1. The van der Waals surface area contributed by atoms with Crippen LogP contribution in [0.3, 0.4) is 0 Å². The molecule has 0 unspecified atom stereocenters. The van der Waals surface area contributed by atoms with Gasteiger partial charge in [0.1, 0.15) is 5.82 Å². The van der Waals surface area contributed by atoms with E-state index in [4.69, 9.17) is 10.5 Å². The normalized spacial score (nSPS) is 11.5. The van der Waals surface area contributed by atoms with E-state index in [1.807, 2.05) is 31.2 Å². The molecule has 0 aliphatic rings. The van der Waals surface area contributed by atoms with Crippen LogP contribution in [0, 0.1) is 12.7 Å². The number of nitrogens with zero attached hydrogens (tertiary/aromatic N) is 1. The van der Waals surface area contributed by atoms with Gasteiger partial charge in [-0.3, -0.25) is 4.99 Å². The fraction of sp³-hybridized carbons (Fsp3) is 0.278. The Morgan fingerprint density at radius 2 is 2.00 bits per heavy atom. The second-order valence-corrected chi connectivity index (χ2v) is 5.30. The maximum absolute atomic E-state index is 13.1. The molecule has 2 rings (SSSR count). The van der Waals surface area contributed by atoms with Gasteiger partial charge in [-0.15, -0.1) is 0 Å². The fourth-order valence-corrected chi connectivity index (χ4v) is 2.34. The molecular weight excluding hydrogens is 293 g/mol. The Morgan fingerprint density at radius 1 is 1.22 bits per heavy atom. The number of benzene rings is 2. The Morgan fingerprint density at radius 3 is 2.74 bits per heavy atom. The molecule has 3 N–H and O–H groups in total. The third-order valence-electron chi connectivity index (χ3n) is 3.55. The summed E-state index contributed by atoms with van der Waals surface area (Å²) in [5.41, 5.74) is 9.83. The highest BCUT2D eigenvalue weighted by atomic mass is 19.1. The lowest BCUT2D eigenvalue weighted by Gasteiger charge is -2.11. The van der Waals surface area contributed by atoms with Gasteiger partial charge in [0, 0.05) is 24.9 Å². The summed E-state index contributed by atoms with van der Waals surface area (Å²) in [6.45, 7) is 2.94. The molecule has 0 aliphatic carbocycles. The molecule has 2 aromatic rings. The van der Waals surface area contributed by atoms with Crippen molar-refractivity contribution < 1.29 is 9.13 Å². The van der Waals surface area contributed by atoms with E-state index in [-0.39, 0.29) is 5.82 Å². The number of para-hydroxylation sites is 1. The van der Waals surface area contributed by atoms with E-state index in [9.17, 15) is 4.39 Å². The van der Waals surface area contributed by atoms with Crippen LogP contribution in [-0.4, -0.2) is 19.6 Å². The highest BCUT2D eigenvalue weighted by molar-refractivity contribution is 5.92. The van der Waals surface area contributed by atoms with Crippen LogP contribution in [0.1, 0.15) is 16.7 Å². The average Bonchev–Trinajstić information content (AvgIpc) is 2.52.